The van der Waals surface area contributed by atoms with Gasteiger partial charge in [-0.05, 0) is 61.8 Å². The second-order valence-corrected chi connectivity index (χ2v) is 12.0. The Labute approximate surface area is 245 Å². The van der Waals surface area contributed by atoms with Crippen LogP contribution in [0, 0.1) is 5.92 Å². The van der Waals surface area contributed by atoms with Gasteiger partial charge in [0, 0.05) is 42.8 Å². The van der Waals surface area contributed by atoms with Gasteiger partial charge < -0.3 is 24.3 Å². The highest BCUT2D eigenvalue weighted by Gasteiger charge is 2.36. The predicted molar refractivity (Wildman–Crippen MR) is 159 cm³/mol. The zero-order valence-electron chi connectivity index (χ0n) is 23.3. The van der Waals surface area contributed by atoms with E-state index >= 15 is 0 Å². The van der Waals surface area contributed by atoms with Gasteiger partial charge in [0.15, 0.2) is 0 Å². The van der Waals surface area contributed by atoms with Crippen LogP contribution >= 0.6 is 23.2 Å². The number of anilines is 1. The van der Waals surface area contributed by atoms with E-state index < -0.39 is 0 Å². The second-order valence-electron chi connectivity index (χ2n) is 11.2. The first-order chi connectivity index (χ1) is 19.2. The summed E-state index contributed by atoms with van der Waals surface area (Å²) in [5, 5.41) is 4.43. The Hall–Kier alpha value is -2.58. The summed E-state index contributed by atoms with van der Waals surface area (Å²) < 4.78 is 13.8. The number of rotatable bonds is 8. The molecule has 2 heterocycles. The summed E-state index contributed by atoms with van der Waals surface area (Å²) in [5.41, 5.74) is 2.51. The monoisotopic (exact) mass is 585 g/mol. The SMILES string of the molecule is CO[C@H]1C[C@@H](CO[C@H]2CC[C@H](C)CC2)N(C(=O)Cc2cc(Cl)c(NC(=O)c3cn(C)c4ccccc34)cc2Cl)C1. The fourth-order valence-electron chi connectivity index (χ4n) is 5.95. The summed E-state index contributed by atoms with van der Waals surface area (Å²) in [7, 11) is 3.58. The van der Waals surface area contributed by atoms with Gasteiger partial charge in [-0.1, -0.05) is 48.3 Å². The summed E-state index contributed by atoms with van der Waals surface area (Å²) in [4.78, 5) is 28.4. The van der Waals surface area contributed by atoms with Crippen molar-refractivity contribution in [3.8, 4) is 0 Å². The standard InChI is InChI=1S/C31H37Cl2N3O4/c1-19-8-10-22(11-9-19)40-18-21-14-23(39-3)16-36(21)30(37)13-20-12-27(33)28(15-26(20)32)34-31(38)25-17-35(2)29-7-5-4-6-24(25)29/h4-7,12,15,17,19,21-23H,8-11,13-14,16,18H2,1-3H3,(H,34,38)/t19-,21-,22-,23-/m0/s1. The molecule has 2 atom stereocenters. The Balaban J connectivity index is 1.25. The van der Waals surface area contributed by atoms with E-state index in [9.17, 15) is 9.59 Å². The average Bonchev–Trinajstić information content (AvgIpc) is 3.52. The molecule has 1 aliphatic heterocycles. The molecule has 2 amide bonds. The maximum Gasteiger partial charge on any atom is 0.257 e. The number of halogens is 2. The number of para-hydroxylation sites is 1. The molecule has 0 bridgehead atoms. The maximum absolute atomic E-state index is 13.5. The number of hydrogen-bond acceptors (Lipinski definition) is 4. The summed E-state index contributed by atoms with van der Waals surface area (Å²) in [6.45, 7) is 3.33. The highest BCUT2D eigenvalue weighted by atomic mass is 35.5. The Bertz CT molecular complexity index is 1380. The lowest BCUT2D eigenvalue weighted by Crippen LogP contribution is -2.40. The van der Waals surface area contributed by atoms with E-state index in [1.165, 1.54) is 12.8 Å². The van der Waals surface area contributed by atoms with Crippen molar-refractivity contribution in [3.63, 3.8) is 0 Å². The lowest BCUT2D eigenvalue weighted by atomic mass is 9.89. The number of methoxy groups -OCH3 is 1. The van der Waals surface area contributed by atoms with Crippen LogP contribution < -0.4 is 5.32 Å². The molecule has 0 radical (unpaired) electrons. The molecule has 40 heavy (non-hydrogen) atoms. The third-order valence-electron chi connectivity index (χ3n) is 8.38. The van der Waals surface area contributed by atoms with Crippen LogP contribution in [0.1, 0.15) is 54.9 Å². The number of ether oxygens (including phenoxy) is 2. The molecule has 3 aromatic rings. The number of likely N-dealkylation sites (tertiary alicyclic amines) is 1. The van der Waals surface area contributed by atoms with Crippen LogP contribution in [0.4, 0.5) is 5.69 Å². The lowest BCUT2D eigenvalue weighted by Gasteiger charge is -2.30. The zero-order valence-corrected chi connectivity index (χ0v) is 24.8. The first-order valence-electron chi connectivity index (χ1n) is 14.0. The van der Waals surface area contributed by atoms with Gasteiger partial charge in [-0.3, -0.25) is 9.59 Å². The van der Waals surface area contributed by atoms with Gasteiger partial charge in [-0.2, -0.15) is 0 Å². The summed E-state index contributed by atoms with van der Waals surface area (Å²) in [5.74, 6) is 0.434. The number of nitrogens with one attached hydrogen (secondary N) is 1. The minimum atomic E-state index is -0.281. The van der Waals surface area contributed by atoms with Crippen molar-refractivity contribution in [1.29, 1.82) is 0 Å². The van der Waals surface area contributed by atoms with Gasteiger partial charge in [0.2, 0.25) is 5.91 Å². The summed E-state index contributed by atoms with van der Waals surface area (Å²) >= 11 is 13.2. The molecular weight excluding hydrogens is 549 g/mol. The molecule has 0 unspecified atom stereocenters. The molecule has 1 aromatic heterocycles. The number of aryl methyl sites for hydroxylation is 1. The third-order valence-corrected chi connectivity index (χ3v) is 9.05. The van der Waals surface area contributed by atoms with E-state index in [1.54, 1.807) is 25.4 Å². The van der Waals surface area contributed by atoms with Crippen molar-refractivity contribution in [2.45, 2.75) is 63.7 Å². The van der Waals surface area contributed by atoms with E-state index in [4.69, 9.17) is 32.7 Å². The number of hydrogen-bond donors (Lipinski definition) is 1. The summed E-state index contributed by atoms with van der Waals surface area (Å²) in [6, 6.07) is 11.0. The largest absolute Gasteiger partial charge is 0.380 e. The quantitative estimate of drug-likeness (QED) is 0.328. The van der Waals surface area contributed by atoms with Gasteiger partial charge in [0.1, 0.15) is 0 Å². The predicted octanol–water partition coefficient (Wildman–Crippen LogP) is 6.49. The Kier molecular flexibility index (Phi) is 9.05. The third kappa shape index (κ3) is 6.33. The topological polar surface area (TPSA) is 72.8 Å². The van der Waals surface area contributed by atoms with Gasteiger partial charge >= 0.3 is 0 Å². The minimum Gasteiger partial charge on any atom is -0.380 e. The Morgan fingerprint density at radius 1 is 1.05 bits per heavy atom. The van der Waals surface area contributed by atoms with Crippen LogP contribution in [0.15, 0.2) is 42.6 Å². The number of aromatic nitrogens is 1. The van der Waals surface area contributed by atoms with Crippen molar-refractivity contribution in [2.75, 3.05) is 25.6 Å². The number of carbonyl (C=O) groups excluding carboxylic acids is 2. The molecule has 2 fully saturated rings. The number of amides is 2. The average molecular weight is 587 g/mol. The molecule has 2 aromatic carbocycles. The molecule has 9 heteroatoms. The number of fused-ring (bicyclic) bond motifs is 1. The van der Waals surface area contributed by atoms with Gasteiger partial charge in [-0.25, -0.2) is 0 Å². The Morgan fingerprint density at radius 3 is 2.55 bits per heavy atom. The highest BCUT2D eigenvalue weighted by Crippen LogP contribution is 2.32. The smallest absolute Gasteiger partial charge is 0.257 e. The van der Waals surface area contributed by atoms with E-state index in [0.29, 0.717) is 40.0 Å². The highest BCUT2D eigenvalue weighted by molar-refractivity contribution is 6.36. The molecule has 1 N–H and O–H groups in total. The maximum atomic E-state index is 13.5. The van der Waals surface area contributed by atoms with Gasteiger partial charge in [-0.15, -0.1) is 0 Å². The lowest BCUT2D eigenvalue weighted by molar-refractivity contribution is -0.133. The van der Waals surface area contributed by atoms with Crippen molar-refractivity contribution in [3.05, 3.63) is 63.8 Å². The number of nitrogens with zero attached hydrogens (tertiary/aromatic N) is 2. The first kappa shape index (κ1) is 28.9. The van der Waals surface area contributed by atoms with Crippen LogP contribution in [0.25, 0.3) is 10.9 Å². The number of carbonyl (C=O) groups is 2. The minimum absolute atomic E-state index is 0.0188. The van der Waals surface area contributed by atoms with Crippen LogP contribution in [0.3, 0.4) is 0 Å². The van der Waals surface area contributed by atoms with Gasteiger partial charge in [0.25, 0.3) is 5.91 Å². The van der Waals surface area contributed by atoms with Gasteiger partial charge in [0.05, 0.1) is 47.6 Å². The second kappa shape index (κ2) is 12.5. The Morgan fingerprint density at radius 2 is 1.80 bits per heavy atom. The zero-order chi connectivity index (χ0) is 28.4. The van der Waals surface area contributed by atoms with Crippen molar-refractivity contribution >= 4 is 51.6 Å². The van der Waals surface area contributed by atoms with Crippen LogP contribution in [-0.4, -0.2) is 59.8 Å². The van der Waals surface area contributed by atoms with E-state index in [-0.39, 0.29) is 36.5 Å². The van der Waals surface area contributed by atoms with E-state index in [2.05, 4.69) is 12.2 Å². The molecule has 1 aliphatic carbocycles. The molecule has 214 valence electrons. The molecule has 7 nitrogen and oxygen atoms in total. The van der Waals surface area contributed by atoms with Crippen molar-refractivity contribution < 1.29 is 19.1 Å². The van der Waals surface area contributed by atoms with Crippen molar-refractivity contribution in [1.82, 2.24) is 9.47 Å². The molecule has 1 saturated carbocycles. The number of benzene rings is 2. The fourth-order valence-corrected chi connectivity index (χ4v) is 6.41. The van der Waals surface area contributed by atoms with E-state index in [1.807, 2.05) is 40.8 Å². The fraction of sp³-hybridized carbons (Fsp3) is 0.484. The molecular formula is C31H37Cl2N3O4. The molecule has 0 spiro atoms. The van der Waals surface area contributed by atoms with Crippen LogP contribution in [0.5, 0.6) is 0 Å². The van der Waals surface area contributed by atoms with Crippen LogP contribution in [0.2, 0.25) is 10.0 Å². The molecule has 5 rings (SSSR count). The summed E-state index contributed by atoms with van der Waals surface area (Å²) in [6.07, 6.45) is 7.42. The first-order valence-corrected chi connectivity index (χ1v) is 14.8. The van der Waals surface area contributed by atoms with E-state index in [0.717, 1.165) is 36.1 Å². The normalized spacial score (nSPS) is 23.1. The van der Waals surface area contributed by atoms with Crippen LogP contribution in [-0.2, 0) is 27.7 Å². The molecule has 2 aliphatic rings. The van der Waals surface area contributed by atoms with Crippen molar-refractivity contribution in [2.24, 2.45) is 13.0 Å². The molecule has 1 saturated heterocycles.